The SMILES string of the molecule is C/C(=N\NC(=O)c1cc(-c2ccccc2)nc2ccccc12)c1ccc(Cl)cc1Cl. The molecule has 0 fully saturated rings. The quantitative estimate of drug-likeness (QED) is 0.300. The van der Waals surface area contributed by atoms with E-state index in [1.807, 2.05) is 54.6 Å². The molecule has 3 aromatic carbocycles. The number of hydrogen-bond acceptors (Lipinski definition) is 3. The van der Waals surface area contributed by atoms with Crippen LogP contribution in [0.2, 0.25) is 10.0 Å². The summed E-state index contributed by atoms with van der Waals surface area (Å²) in [6, 6.07) is 24.2. The van der Waals surface area contributed by atoms with E-state index in [4.69, 9.17) is 28.2 Å². The monoisotopic (exact) mass is 433 g/mol. The van der Waals surface area contributed by atoms with E-state index in [9.17, 15) is 4.79 Å². The molecule has 0 spiro atoms. The number of nitrogens with zero attached hydrogens (tertiary/aromatic N) is 2. The maximum absolute atomic E-state index is 13.0. The van der Waals surface area contributed by atoms with Crippen LogP contribution in [0.5, 0.6) is 0 Å². The molecule has 30 heavy (non-hydrogen) atoms. The largest absolute Gasteiger partial charge is 0.272 e. The van der Waals surface area contributed by atoms with Crippen LogP contribution in [0.4, 0.5) is 0 Å². The van der Waals surface area contributed by atoms with Crippen LogP contribution in [-0.4, -0.2) is 16.6 Å². The number of pyridine rings is 1. The van der Waals surface area contributed by atoms with E-state index in [1.165, 1.54) is 0 Å². The molecule has 0 unspecified atom stereocenters. The number of para-hydroxylation sites is 1. The van der Waals surface area contributed by atoms with Gasteiger partial charge in [0.25, 0.3) is 5.91 Å². The molecule has 0 saturated heterocycles. The number of fused-ring (bicyclic) bond motifs is 1. The molecule has 0 atom stereocenters. The van der Waals surface area contributed by atoms with Crippen molar-refractivity contribution in [3.05, 3.63) is 100 Å². The average molecular weight is 434 g/mol. The Kier molecular flexibility index (Phi) is 5.79. The van der Waals surface area contributed by atoms with Crippen LogP contribution >= 0.6 is 23.2 Å². The highest BCUT2D eigenvalue weighted by Crippen LogP contribution is 2.25. The number of nitrogens with one attached hydrogen (secondary N) is 1. The zero-order valence-corrected chi connectivity index (χ0v) is 17.6. The Morgan fingerprint density at radius 1 is 0.900 bits per heavy atom. The fourth-order valence-electron chi connectivity index (χ4n) is 3.16. The van der Waals surface area contributed by atoms with Gasteiger partial charge >= 0.3 is 0 Å². The highest BCUT2D eigenvalue weighted by molar-refractivity contribution is 6.37. The maximum atomic E-state index is 13.0. The first-order valence-electron chi connectivity index (χ1n) is 9.28. The van der Waals surface area contributed by atoms with Gasteiger partial charge in [0, 0.05) is 21.5 Å². The first-order chi connectivity index (χ1) is 14.5. The van der Waals surface area contributed by atoms with Gasteiger partial charge in [-0.25, -0.2) is 10.4 Å². The molecule has 1 N–H and O–H groups in total. The molecule has 1 aromatic heterocycles. The van der Waals surface area contributed by atoms with Crippen molar-refractivity contribution in [2.24, 2.45) is 5.10 Å². The molecule has 4 aromatic rings. The molecule has 4 nitrogen and oxygen atoms in total. The molecule has 6 heteroatoms. The van der Waals surface area contributed by atoms with Crippen LogP contribution in [0.3, 0.4) is 0 Å². The van der Waals surface area contributed by atoms with Gasteiger partial charge in [-0.2, -0.15) is 5.10 Å². The summed E-state index contributed by atoms with van der Waals surface area (Å²) in [4.78, 5) is 17.7. The number of hydrazone groups is 1. The minimum Gasteiger partial charge on any atom is -0.267 e. The molecule has 1 heterocycles. The molecule has 0 saturated carbocycles. The Balaban J connectivity index is 1.70. The zero-order chi connectivity index (χ0) is 21.1. The first-order valence-corrected chi connectivity index (χ1v) is 10.0. The summed E-state index contributed by atoms with van der Waals surface area (Å²) >= 11 is 12.2. The molecule has 4 rings (SSSR count). The van der Waals surface area contributed by atoms with Gasteiger partial charge in [0.05, 0.1) is 27.5 Å². The fourth-order valence-corrected chi connectivity index (χ4v) is 3.70. The van der Waals surface area contributed by atoms with Gasteiger partial charge in [-0.05, 0) is 31.2 Å². The number of amides is 1. The van der Waals surface area contributed by atoms with E-state index in [-0.39, 0.29) is 5.91 Å². The van der Waals surface area contributed by atoms with Crippen molar-refractivity contribution in [2.75, 3.05) is 0 Å². The topological polar surface area (TPSA) is 54.4 Å². The number of rotatable bonds is 4. The molecule has 0 radical (unpaired) electrons. The Morgan fingerprint density at radius 3 is 2.40 bits per heavy atom. The van der Waals surface area contributed by atoms with Crippen molar-refractivity contribution in [3.63, 3.8) is 0 Å². The standard InChI is InChI=1S/C24H17Cl2N3O/c1-15(18-12-11-17(25)13-21(18)26)28-29-24(30)20-14-23(16-7-3-2-4-8-16)27-22-10-6-5-9-19(20)22/h2-14H,1H3,(H,29,30)/b28-15+. The normalized spacial score (nSPS) is 11.5. The van der Waals surface area contributed by atoms with Crippen LogP contribution < -0.4 is 5.43 Å². The highest BCUT2D eigenvalue weighted by Gasteiger charge is 2.14. The van der Waals surface area contributed by atoms with E-state index < -0.39 is 0 Å². The minimum atomic E-state index is -0.324. The third-order valence-electron chi connectivity index (χ3n) is 4.68. The predicted octanol–water partition coefficient (Wildman–Crippen LogP) is 6.36. The Hall–Kier alpha value is -3.21. The predicted molar refractivity (Wildman–Crippen MR) is 123 cm³/mol. The molecule has 0 aliphatic heterocycles. The van der Waals surface area contributed by atoms with Crippen molar-refractivity contribution < 1.29 is 4.79 Å². The molecule has 1 amide bonds. The van der Waals surface area contributed by atoms with Crippen LogP contribution in [0.25, 0.3) is 22.2 Å². The smallest absolute Gasteiger partial charge is 0.267 e. The average Bonchev–Trinajstić information content (AvgIpc) is 2.77. The molecular weight excluding hydrogens is 417 g/mol. The summed E-state index contributed by atoms with van der Waals surface area (Å²) in [5, 5.41) is 6.01. The molecule has 148 valence electrons. The molecule has 0 aliphatic rings. The summed E-state index contributed by atoms with van der Waals surface area (Å²) in [5.41, 5.74) is 6.81. The van der Waals surface area contributed by atoms with Crippen molar-refractivity contribution in [2.45, 2.75) is 6.92 Å². The number of carbonyl (C=O) groups is 1. The zero-order valence-electron chi connectivity index (χ0n) is 16.1. The summed E-state index contributed by atoms with van der Waals surface area (Å²) in [7, 11) is 0. The van der Waals surface area contributed by atoms with Crippen molar-refractivity contribution >= 4 is 45.7 Å². The lowest BCUT2D eigenvalue weighted by Gasteiger charge is -2.10. The Morgan fingerprint density at radius 2 is 1.63 bits per heavy atom. The fraction of sp³-hybridized carbons (Fsp3) is 0.0417. The van der Waals surface area contributed by atoms with E-state index in [0.29, 0.717) is 26.9 Å². The molecular formula is C24H17Cl2N3O. The van der Waals surface area contributed by atoms with Gasteiger partial charge in [-0.1, -0.05) is 77.8 Å². The number of hydrogen-bond donors (Lipinski definition) is 1. The molecule has 0 bridgehead atoms. The lowest BCUT2D eigenvalue weighted by molar-refractivity contribution is 0.0956. The summed E-state index contributed by atoms with van der Waals surface area (Å²) in [6.07, 6.45) is 0. The second kappa shape index (κ2) is 8.66. The summed E-state index contributed by atoms with van der Waals surface area (Å²) < 4.78 is 0. The highest BCUT2D eigenvalue weighted by atomic mass is 35.5. The van der Waals surface area contributed by atoms with Crippen LogP contribution in [0.1, 0.15) is 22.8 Å². The van der Waals surface area contributed by atoms with E-state index in [1.54, 1.807) is 31.2 Å². The number of carbonyl (C=O) groups excluding carboxylic acids is 1. The van der Waals surface area contributed by atoms with E-state index in [0.717, 1.165) is 22.2 Å². The number of aromatic nitrogens is 1. The van der Waals surface area contributed by atoms with E-state index in [2.05, 4.69) is 10.5 Å². The lowest BCUT2D eigenvalue weighted by atomic mass is 10.0. The molecule has 0 aliphatic carbocycles. The summed E-state index contributed by atoms with van der Waals surface area (Å²) in [6.45, 7) is 1.77. The Labute approximate surface area is 184 Å². The van der Waals surface area contributed by atoms with Crippen LogP contribution in [0.15, 0.2) is 84.0 Å². The Bertz CT molecular complexity index is 1270. The first kappa shape index (κ1) is 20.1. The third-order valence-corrected chi connectivity index (χ3v) is 5.22. The maximum Gasteiger partial charge on any atom is 0.272 e. The van der Waals surface area contributed by atoms with Gasteiger partial charge in [-0.3, -0.25) is 4.79 Å². The van der Waals surface area contributed by atoms with Gasteiger partial charge in [0.15, 0.2) is 0 Å². The van der Waals surface area contributed by atoms with Crippen molar-refractivity contribution in [1.82, 2.24) is 10.4 Å². The van der Waals surface area contributed by atoms with Crippen LogP contribution in [-0.2, 0) is 0 Å². The number of halogens is 2. The van der Waals surface area contributed by atoms with Crippen molar-refractivity contribution in [1.29, 1.82) is 0 Å². The minimum absolute atomic E-state index is 0.324. The van der Waals surface area contributed by atoms with E-state index >= 15 is 0 Å². The number of benzene rings is 3. The van der Waals surface area contributed by atoms with Gasteiger partial charge in [0.2, 0.25) is 0 Å². The lowest BCUT2D eigenvalue weighted by Crippen LogP contribution is -2.20. The second-order valence-electron chi connectivity index (χ2n) is 6.70. The van der Waals surface area contributed by atoms with Gasteiger partial charge in [0.1, 0.15) is 0 Å². The third kappa shape index (κ3) is 4.20. The van der Waals surface area contributed by atoms with Gasteiger partial charge < -0.3 is 0 Å². The van der Waals surface area contributed by atoms with Crippen LogP contribution in [0, 0.1) is 0 Å². The van der Waals surface area contributed by atoms with Crippen molar-refractivity contribution in [3.8, 4) is 11.3 Å². The second-order valence-corrected chi connectivity index (χ2v) is 7.54. The summed E-state index contributed by atoms with van der Waals surface area (Å²) in [5.74, 6) is -0.324. The van der Waals surface area contributed by atoms with Gasteiger partial charge in [-0.15, -0.1) is 0 Å².